The minimum Gasteiger partial charge on any atom is -0.368 e. The number of pyridine rings is 1. The molecule has 0 aliphatic carbocycles. The molecule has 0 radical (unpaired) electrons. The Balaban J connectivity index is 1.35. The fourth-order valence-corrected chi connectivity index (χ4v) is 4.68. The third-order valence-electron chi connectivity index (χ3n) is 6.42. The summed E-state index contributed by atoms with van der Waals surface area (Å²) < 4.78 is 5.68. The zero-order valence-electron chi connectivity index (χ0n) is 15.9. The first-order valence-electron chi connectivity index (χ1n) is 10.2. The molecule has 27 heavy (non-hydrogen) atoms. The van der Waals surface area contributed by atoms with Crippen LogP contribution in [0, 0.1) is 5.41 Å². The average molecular weight is 371 g/mol. The molecule has 0 saturated carbocycles. The highest BCUT2D eigenvalue weighted by Gasteiger charge is 2.42. The van der Waals surface area contributed by atoms with Crippen LogP contribution in [0.5, 0.6) is 0 Å². The van der Waals surface area contributed by atoms with Crippen LogP contribution in [-0.4, -0.2) is 58.9 Å². The molecule has 6 nitrogen and oxygen atoms in total. The van der Waals surface area contributed by atoms with E-state index < -0.39 is 0 Å². The van der Waals surface area contributed by atoms with E-state index in [1.165, 1.54) is 0 Å². The number of piperidine rings is 2. The van der Waals surface area contributed by atoms with Crippen molar-refractivity contribution in [2.45, 2.75) is 57.6 Å². The van der Waals surface area contributed by atoms with Crippen molar-refractivity contribution < 1.29 is 14.3 Å². The molecule has 1 aromatic rings. The van der Waals surface area contributed by atoms with E-state index in [1.54, 1.807) is 6.20 Å². The van der Waals surface area contributed by atoms with Crippen LogP contribution in [0.15, 0.2) is 24.4 Å². The third kappa shape index (κ3) is 4.15. The summed E-state index contributed by atoms with van der Waals surface area (Å²) in [6, 6.07) is 5.83. The van der Waals surface area contributed by atoms with Crippen molar-refractivity contribution in [3.63, 3.8) is 0 Å². The lowest BCUT2D eigenvalue weighted by atomic mass is 9.72. The molecule has 146 valence electrons. The van der Waals surface area contributed by atoms with Crippen molar-refractivity contribution in [1.29, 1.82) is 0 Å². The summed E-state index contributed by atoms with van der Waals surface area (Å²) in [7, 11) is 0. The minimum absolute atomic E-state index is 0.146. The first-order chi connectivity index (χ1) is 13.2. The Bertz CT molecular complexity index is 665. The maximum absolute atomic E-state index is 12.7. The number of hydrogen-bond donors (Lipinski definition) is 0. The fraction of sp³-hybridized carbons (Fsp3) is 0.667. The number of amides is 2. The van der Waals surface area contributed by atoms with Gasteiger partial charge in [-0.25, -0.2) is 0 Å². The van der Waals surface area contributed by atoms with Gasteiger partial charge in [0.1, 0.15) is 6.10 Å². The Labute approximate surface area is 160 Å². The molecule has 1 spiro atoms. The number of hydrogen-bond acceptors (Lipinski definition) is 4. The highest BCUT2D eigenvalue weighted by Crippen LogP contribution is 2.40. The zero-order valence-corrected chi connectivity index (χ0v) is 15.9. The van der Waals surface area contributed by atoms with Crippen LogP contribution >= 0.6 is 0 Å². The standard InChI is InChI=1S/C21H29N3O3/c25-19-7-8-21(16-24(19)15-17-5-1-3-11-22-17)9-12-23(13-10-21)20(26)18-6-2-4-14-27-18/h1,3,5,11,18H,2,4,6-10,12-16H2. The Morgan fingerprint density at radius 1 is 1.22 bits per heavy atom. The van der Waals surface area contributed by atoms with Crippen molar-refractivity contribution in [3.8, 4) is 0 Å². The predicted molar refractivity (Wildman–Crippen MR) is 101 cm³/mol. The highest BCUT2D eigenvalue weighted by atomic mass is 16.5. The van der Waals surface area contributed by atoms with Crippen molar-refractivity contribution in [3.05, 3.63) is 30.1 Å². The van der Waals surface area contributed by atoms with Crippen molar-refractivity contribution in [1.82, 2.24) is 14.8 Å². The molecule has 4 heterocycles. The lowest BCUT2D eigenvalue weighted by Gasteiger charge is -2.47. The number of likely N-dealkylation sites (tertiary alicyclic amines) is 2. The first-order valence-corrected chi connectivity index (χ1v) is 10.2. The van der Waals surface area contributed by atoms with E-state index in [9.17, 15) is 9.59 Å². The maximum atomic E-state index is 12.7. The third-order valence-corrected chi connectivity index (χ3v) is 6.42. The number of carbonyl (C=O) groups is 2. The summed E-state index contributed by atoms with van der Waals surface area (Å²) in [5.74, 6) is 0.391. The number of ether oxygens (including phenoxy) is 1. The maximum Gasteiger partial charge on any atom is 0.251 e. The van der Waals surface area contributed by atoms with E-state index in [-0.39, 0.29) is 23.3 Å². The van der Waals surface area contributed by atoms with E-state index >= 15 is 0 Å². The van der Waals surface area contributed by atoms with Gasteiger partial charge in [0.2, 0.25) is 5.91 Å². The van der Waals surface area contributed by atoms with E-state index in [0.717, 1.165) is 63.9 Å². The summed E-state index contributed by atoms with van der Waals surface area (Å²) in [5.41, 5.74) is 1.08. The number of rotatable bonds is 3. The molecule has 6 heteroatoms. The van der Waals surface area contributed by atoms with Crippen LogP contribution in [0.2, 0.25) is 0 Å². The van der Waals surface area contributed by atoms with Gasteiger partial charge < -0.3 is 14.5 Å². The van der Waals surface area contributed by atoms with Crippen LogP contribution in [0.3, 0.4) is 0 Å². The number of aromatic nitrogens is 1. The molecular weight excluding hydrogens is 342 g/mol. The normalized spacial score (nSPS) is 25.6. The lowest BCUT2D eigenvalue weighted by molar-refractivity contribution is -0.151. The summed E-state index contributed by atoms with van der Waals surface area (Å²) in [4.78, 5) is 33.5. The minimum atomic E-state index is -0.235. The summed E-state index contributed by atoms with van der Waals surface area (Å²) in [6.45, 7) is 3.64. The van der Waals surface area contributed by atoms with E-state index in [0.29, 0.717) is 19.6 Å². The highest BCUT2D eigenvalue weighted by molar-refractivity contribution is 5.81. The van der Waals surface area contributed by atoms with Crippen molar-refractivity contribution in [2.24, 2.45) is 5.41 Å². The molecule has 3 fully saturated rings. The molecule has 4 rings (SSSR count). The van der Waals surface area contributed by atoms with Gasteiger partial charge in [0.05, 0.1) is 12.2 Å². The molecular formula is C21H29N3O3. The van der Waals surface area contributed by atoms with Crippen LogP contribution < -0.4 is 0 Å². The molecule has 2 amide bonds. The van der Waals surface area contributed by atoms with E-state index in [4.69, 9.17) is 4.74 Å². The van der Waals surface area contributed by atoms with Crippen LogP contribution in [0.4, 0.5) is 0 Å². The van der Waals surface area contributed by atoms with Gasteiger partial charge in [0.25, 0.3) is 5.91 Å². The SMILES string of the molecule is O=C1CCC2(CCN(C(=O)C3CCCCO3)CC2)CN1Cc1ccccn1. The van der Waals surface area contributed by atoms with Crippen molar-refractivity contribution >= 4 is 11.8 Å². The summed E-state index contributed by atoms with van der Waals surface area (Å²) in [5, 5.41) is 0. The summed E-state index contributed by atoms with van der Waals surface area (Å²) in [6.07, 6.45) is 8.02. The molecule has 3 aliphatic rings. The molecule has 0 bridgehead atoms. The quantitative estimate of drug-likeness (QED) is 0.818. The van der Waals surface area contributed by atoms with Gasteiger partial charge >= 0.3 is 0 Å². The Morgan fingerprint density at radius 3 is 2.78 bits per heavy atom. The topological polar surface area (TPSA) is 62.7 Å². The molecule has 3 saturated heterocycles. The number of nitrogens with zero attached hydrogens (tertiary/aromatic N) is 3. The Kier molecular flexibility index (Phi) is 5.43. The van der Waals surface area contributed by atoms with Gasteiger partial charge in [-0.1, -0.05) is 6.07 Å². The predicted octanol–water partition coefficient (Wildman–Crippen LogP) is 2.38. The summed E-state index contributed by atoms with van der Waals surface area (Å²) >= 11 is 0. The van der Waals surface area contributed by atoms with Crippen LogP contribution in [0.25, 0.3) is 0 Å². The molecule has 0 aromatic carbocycles. The molecule has 3 aliphatic heterocycles. The molecule has 1 aromatic heterocycles. The van der Waals surface area contributed by atoms with Crippen LogP contribution in [-0.2, 0) is 20.9 Å². The second-order valence-corrected chi connectivity index (χ2v) is 8.25. The van der Waals surface area contributed by atoms with E-state index in [1.807, 2.05) is 28.0 Å². The van der Waals surface area contributed by atoms with Gasteiger partial charge in [-0.05, 0) is 56.1 Å². The van der Waals surface area contributed by atoms with Gasteiger partial charge in [-0.15, -0.1) is 0 Å². The van der Waals surface area contributed by atoms with Gasteiger partial charge in [0.15, 0.2) is 0 Å². The monoisotopic (exact) mass is 371 g/mol. The average Bonchev–Trinajstić information content (AvgIpc) is 2.72. The molecule has 1 unspecified atom stereocenters. The second kappa shape index (κ2) is 7.97. The van der Waals surface area contributed by atoms with Gasteiger partial charge in [0, 0.05) is 38.9 Å². The zero-order chi connectivity index (χ0) is 18.7. The van der Waals surface area contributed by atoms with E-state index in [2.05, 4.69) is 4.98 Å². The largest absolute Gasteiger partial charge is 0.368 e. The van der Waals surface area contributed by atoms with Crippen LogP contribution in [0.1, 0.15) is 50.6 Å². The lowest BCUT2D eigenvalue weighted by Crippen LogP contribution is -2.53. The van der Waals surface area contributed by atoms with Gasteiger partial charge in [-0.2, -0.15) is 0 Å². The first kappa shape index (κ1) is 18.4. The Hall–Kier alpha value is -1.95. The Morgan fingerprint density at radius 2 is 2.07 bits per heavy atom. The van der Waals surface area contributed by atoms with Gasteiger partial charge in [-0.3, -0.25) is 14.6 Å². The number of carbonyl (C=O) groups excluding carboxylic acids is 2. The molecule has 1 atom stereocenters. The fourth-order valence-electron chi connectivity index (χ4n) is 4.68. The van der Waals surface area contributed by atoms with Crippen molar-refractivity contribution in [2.75, 3.05) is 26.2 Å². The second-order valence-electron chi connectivity index (χ2n) is 8.25. The molecule has 0 N–H and O–H groups in total. The smallest absolute Gasteiger partial charge is 0.251 e.